The summed E-state index contributed by atoms with van der Waals surface area (Å²) in [4.78, 5) is 6.48. The molecule has 0 atom stereocenters. The first-order valence-electron chi connectivity index (χ1n) is 7.49. The lowest BCUT2D eigenvalue weighted by Crippen LogP contribution is -2.34. The fourth-order valence-electron chi connectivity index (χ4n) is 2.94. The number of nitrogens with zero attached hydrogens (tertiary/aromatic N) is 4. The maximum Gasteiger partial charge on any atom is 0.211 e. The van der Waals surface area contributed by atoms with E-state index >= 15 is 0 Å². The van der Waals surface area contributed by atoms with Gasteiger partial charge in [-0.15, -0.1) is 0 Å². The first-order chi connectivity index (χ1) is 11.0. The van der Waals surface area contributed by atoms with Crippen molar-refractivity contribution >= 4 is 26.6 Å². The first kappa shape index (κ1) is 15.7. The van der Waals surface area contributed by atoms with Crippen molar-refractivity contribution in [3.05, 3.63) is 36.0 Å². The molecule has 0 spiro atoms. The van der Waals surface area contributed by atoms with Crippen LogP contribution in [0.15, 0.2) is 30.3 Å². The maximum absolute atomic E-state index is 11.7. The number of benzene rings is 1. The number of anilines is 1. The van der Waals surface area contributed by atoms with Gasteiger partial charge in [-0.3, -0.25) is 0 Å². The van der Waals surface area contributed by atoms with Crippen LogP contribution in [0.25, 0.3) is 10.9 Å². The van der Waals surface area contributed by atoms with Gasteiger partial charge in [-0.05, 0) is 18.6 Å². The molecule has 1 aromatic heterocycles. The number of fused-ring (bicyclic) bond motifs is 1. The minimum atomic E-state index is -3.17. The van der Waals surface area contributed by atoms with E-state index in [2.05, 4.69) is 16.0 Å². The van der Waals surface area contributed by atoms with Crippen LogP contribution in [0.5, 0.6) is 0 Å². The minimum absolute atomic E-state index is 0.378. The molecule has 1 aliphatic heterocycles. The number of sulfonamides is 1. The molecular weight excluding hydrogens is 312 g/mol. The van der Waals surface area contributed by atoms with Crippen LogP contribution < -0.4 is 4.90 Å². The van der Waals surface area contributed by atoms with Crippen molar-refractivity contribution < 1.29 is 8.42 Å². The second-order valence-corrected chi connectivity index (χ2v) is 7.64. The molecule has 0 aliphatic carbocycles. The van der Waals surface area contributed by atoms with Crippen molar-refractivity contribution in [2.24, 2.45) is 0 Å². The van der Waals surface area contributed by atoms with E-state index in [-0.39, 0.29) is 0 Å². The zero-order chi connectivity index (χ0) is 16.4. The lowest BCUT2D eigenvalue weighted by molar-refractivity contribution is 0.437. The molecule has 0 unspecified atom stereocenters. The van der Waals surface area contributed by atoms with Gasteiger partial charge in [0.1, 0.15) is 11.8 Å². The number of nitriles is 1. The number of pyridine rings is 1. The minimum Gasteiger partial charge on any atom is -0.370 e. The summed E-state index contributed by atoms with van der Waals surface area (Å²) < 4.78 is 25.0. The van der Waals surface area contributed by atoms with E-state index in [1.165, 1.54) is 10.6 Å². The maximum atomic E-state index is 11.7. The van der Waals surface area contributed by atoms with Gasteiger partial charge in [-0.2, -0.15) is 5.26 Å². The van der Waals surface area contributed by atoms with E-state index in [4.69, 9.17) is 0 Å². The Kier molecular flexibility index (Phi) is 4.20. The first-order valence-corrected chi connectivity index (χ1v) is 9.34. The van der Waals surface area contributed by atoms with Crippen LogP contribution in [0.1, 0.15) is 12.1 Å². The van der Waals surface area contributed by atoms with Gasteiger partial charge in [0.15, 0.2) is 0 Å². The van der Waals surface area contributed by atoms with Crippen molar-refractivity contribution in [1.82, 2.24) is 9.29 Å². The zero-order valence-electron chi connectivity index (χ0n) is 12.9. The third-order valence-electron chi connectivity index (χ3n) is 4.07. The summed E-state index contributed by atoms with van der Waals surface area (Å²) in [7, 11) is -3.17. The average molecular weight is 330 g/mol. The zero-order valence-corrected chi connectivity index (χ0v) is 13.8. The average Bonchev–Trinajstić information content (AvgIpc) is 2.79. The summed E-state index contributed by atoms with van der Waals surface area (Å²) in [6.45, 7) is 2.34. The van der Waals surface area contributed by atoms with Gasteiger partial charge in [0.2, 0.25) is 10.0 Å². The molecule has 7 heteroatoms. The van der Waals surface area contributed by atoms with Crippen LogP contribution in [0.4, 0.5) is 5.69 Å². The van der Waals surface area contributed by atoms with E-state index in [0.29, 0.717) is 25.3 Å². The Morgan fingerprint density at radius 3 is 2.70 bits per heavy atom. The summed E-state index contributed by atoms with van der Waals surface area (Å²) in [5, 5.41) is 10.2. The summed E-state index contributed by atoms with van der Waals surface area (Å²) in [6, 6.07) is 11.6. The molecule has 0 amide bonds. The fraction of sp³-hybridized carbons (Fsp3) is 0.375. The normalized spacial score (nSPS) is 17.0. The van der Waals surface area contributed by atoms with Gasteiger partial charge < -0.3 is 4.90 Å². The van der Waals surface area contributed by atoms with E-state index in [1.54, 1.807) is 6.07 Å². The van der Waals surface area contributed by atoms with Crippen LogP contribution in [0.3, 0.4) is 0 Å². The highest BCUT2D eigenvalue weighted by atomic mass is 32.2. The largest absolute Gasteiger partial charge is 0.370 e. The van der Waals surface area contributed by atoms with Gasteiger partial charge in [0.25, 0.3) is 0 Å². The quantitative estimate of drug-likeness (QED) is 0.835. The molecule has 0 bridgehead atoms. The Balaban J connectivity index is 1.99. The molecule has 0 N–H and O–H groups in total. The SMILES string of the molecule is CS(=O)(=O)N1CCCN(c2cc(C#N)nc3ccccc23)CC1. The molecule has 120 valence electrons. The number of aromatic nitrogens is 1. The molecular formula is C16H18N4O2S. The van der Waals surface area contributed by atoms with Crippen molar-refractivity contribution in [1.29, 1.82) is 5.26 Å². The lowest BCUT2D eigenvalue weighted by Gasteiger charge is -2.24. The molecule has 6 nitrogen and oxygen atoms in total. The highest BCUT2D eigenvalue weighted by molar-refractivity contribution is 7.88. The second kappa shape index (κ2) is 6.14. The Morgan fingerprint density at radius 1 is 1.17 bits per heavy atom. The Bertz CT molecular complexity index is 873. The van der Waals surface area contributed by atoms with Crippen LogP contribution in [0.2, 0.25) is 0 Å². The van der Waals surface area contributed by atoms with E-state index in [1.807, 2.05) is 24.3 Å². The van der Waals surface area contributed by atoms with Gasteiger partial charge in [0, 0.05) is 37.3 Å². The summed E-state index contributed by atoms with van der Waals surface area (Å²) in [5.41, 5.74) is 2.11. The van der Waals surface area contributed by atoms with Gasteiger partial charge >= 0.3 is 0 Å². The van der Waals surface area contributed by atoms with Crippen molar-refractivity contribution in [2.45, 2.75) is 6.42 Å². The lowest BCUT2D eigenvalue weighted by atomic mass is 10.1. The van der Waals surface area contributed by atoms with Gasteiger partial charge in [0.05, 0.1) is 11.8 Å². The number of hydrogen-bond acceptors (Lipinski definition) is 5. The topological polar surface area (TPSA) is 77.3 Å². The molecule has 1 aromatic carbocycles. The third-order valence-corrected chi connectivity index (χ3v) is 5.38. The predicted molar refractivity (Wildman–Crippen MR) is 89.7 cm³/mol. The highest BCUT2D eigenvalue weighted by Gasteiger charge is 2.22. The molecule has 1 saturated heterocycles. The summed E-state index contributed by atoms with van der Waals surface area (Å²) in [5.74, 6) is 0. The molecule has 2 aromatic rings. The smallest absolute Gasteiger partial charge is 0.211 e. The summed E-state index contributed by atoms with van der Waals surface area (Å²) in [6.07, 6.45) is 2.00. The molecule has 3 rings (SSSR count). The predicted octanol–water partition coefficient (Wildman–Crippen LogP) is 1.58. The molecule has 0 saturated carbocycles. The second-order valence-electron chi connectivity index (χ2n) is 5.66. The van der Waals surface area contributed by atoms with Crippen LogP contribution in [-0.4, -0.2) is 50.1 Å². The number of hydrogen-bond donors (Lipinski definition) is 0. The van der Waals surface area contributed by atoms with E-state index in [0.717, 1.165) is 29.6 Å². The monoisotopic (exact) mass is 330 g/mol. The Hall–Kier alpha value is -2.17. The highest BCUT2D eigenvalue weighted by Crippen LogP contribution is 2.27. The summed E-state index contributed by atoms with van der Waals surface area (Å²) >= 11 is 0. The van der Waals surface area contributed by atoms with E-state index in [9.17, 15) is 13.7 Å². The van der Waals surface area contributed by atoms with Crippen molar-refractivity contribution in [2.75, 3.05) is 37.3 Å². The number of rotatable bonds is 2. The fourth-order valence-corrected chi connectivity index (χ4v) is 3.82. The Labute approximate surface area is 136 Å². The third kappa shape index (κ3) is 3.28. The van der Waals surface area contributed by atoms with Crippen LogP contribution in [0, 0.1) is 11.3 Å². The van der Waals surface area contributed by atoms with Crippen LogP contribution in [-0.2, 0) is 10.0 Å². The number of para-hydroxylation sites is 1. The van der Waals surface area contributed by atoms with Crippen molar-refractivity contribution in [3.8, 4) is 6.07 Å². The van der Waals surface area contributed by atoms with Gasteiger partial charge in [-0.1, -0.05) is 18.2 Å². The van der Waals surface area contributed by atoms with E-state index < -0.39 is 10.0 Å². The molecule has 1 fully saturated rings. The molecule has 2 heterocycles. The molecule has 0 radical (unpaired) electrons. The van der Waals surface area contributed by atoms with Gasteiger partial charge in [-0.25, -0.2) is 17.7 Å². The molecule has 23 heavy (non-hydrogen) atoms. The standard InChI is InChI=1S/C16H18N4O2S/c1-23(21,22)20-8-4-7-19(9-10-20)16-11-13(12-17)18-15-6-3-2-5-14(15)16/h2-3,5-6,11H,4,7-10H2,1H3. The van der Waals surface area contributed by atoms with Crippen LogP contribution >= 0.6 is 0 Å². The Morgan fingerprint density at radius 2 is 1.96 bits per heavy atom. The molecule has 1 aliphatic rings. The van der Waals surface area contributed by atoms with Crippen molar-refractivity contribution in [3.63, 3.8) is 0 Å².